The van der Waals surface area contributed by atoms with Gasteiger partial charge in [-0.3, -0.25) is 19.6 Å². The number of carboxylic acids is 1. The second kappa shape index (κ2) is 10.4. The third-order valence-electron chi connectivity index (χ3n) is 10.1. The smallest absolute Gasteiger partial charge is 0.338 e. The number of halogens is 3. The minimum Gasteiger partial charge on any atom is -0.481 e. The highest BCUT2D eigenvalue weighted by atomic mass is 32.1. The van der Waals surface area contributed by atoms with Crippen molar-refractivity contribution in [2.75, 3.05) is 32.8 Å². The first kappa shape index (κ1) is 29.4. The van der Waals surface area contributed by atoms with Crippen molar-refractivity contribution in [2.45, 2.75) is 63.6 Å². The molecule has 1 aromatic heterocycles. The average Bonchev–Trinajstić information content (AvgIpc) is 3.66. The number of fused-ring (bicyclic) bond motifs is 1. The largest absolute Gasteiger partial charge is 0.481 e. The number of nitrogens with zero attached hydrogens (tertiary/aromatic N) is 4. The van der Waals surface area contributed by atoms with Crippen molar-refractivity contribution in [3.8, 4) is 0 Å². The van der Waals surface area contributed by atoms with E-state index < -0.39 is 53.8 Å². The summed E-state index contributed by atoms with van der Waals surface area (Å²) in [5, 5.41) is 15.1. The summed E-state index contributed by atoms with van der Waals surface area (Å²) in [4.78, 5) is 37.9. The Kier molecular flexibility index (Phi) is 6.94. The number of carbonyl (C=O) groups excluding carboxylic acids is 1. The molecule has 234 valence electrons. The highest BCUT2D eigenvalue weighted by Crippen LogP contribution is 2.73. The molecule has 3 atom stereocenters. The molecule has 6 aliphatic rings. The highest BCUT2D eigenvalue weighted by molar-refractivity contribution is 7.11. The number of aliphatic carboxylic acids is 1. The van der Waals surface area contributed by atoms with E-state index in [0.717, 1.165) is 0 Å². The van der Waals surface area contributed by atoms with Crippen molar-refractivity contribution < 1.29 is 32.6 Å². The van der Waals surface area contributed by atoms with Crippen LogP contribution >= 0.6 is 11.3 Å². The third-order valence-corrected chi connectivity index (χ3v) is 10.9. The summed E-state index contributed by atoms with van der Waals surface area (Å²) in [6.07, 6.45) is 3.82. The molecular formula is C31H34F3N5O4S. The van der Waals surface area contributed by atoms with Crippen molar-refractivity contribution in [1.29, 1.82) is 0 Å². The van der Waals surface area contributed by atoms with Gasteiger partial charge in [-0.05, 0) is 62.1 Å². The Morgan fingerprint density at radius 3 is 2.68 bits per heavy atom. The molecule has 3 saturated carbocycles. The molecule has 44 heavy (non-hydrogen) atoms. The second-order valence-corrected chi connectivity index (χ2v) is 13.9. The van der Waals surface area contributed by atoms with Crippen LogP contribution in [0.1, 0.15) is 54.8 Å². The van der Waals surface area contributed by atoms with Crippen LogP contribution in [0, 0.1) is 23.6 Å². The van der Waals surface area contributed by atoms with Crippen LogP contribution in [-0.4, -0.2) is 88.5 Å². The summed E-state index contributed by atoms with van der Waals surface area (Å²) in [6.45, 7) is 3.91. The molecule has 9 nitrogen and oxygen atoms in total. The van der Waals surface area contributed by atoms with E-state index in [4.69, 9.17) is 9.73 Å². The molecule has 0 unspecified atom stereocenters. The van der Waals surface area contributed by atoms with E-state index in [1.807, 2.05) is 4.90 Å². The van der Waals surface area contributed by atoms with Crippen LogP contribution in [0.4, 0.5) is 13.2 Å². The number of carbonyl (C=O) groups is 2. The molecular weight excluding hydrogens is 595 g/mol. The number of esters is 1. The van der Waals surface area contributed by atoms with E-state index in [-0.39, 0.29) is 24.1 Å². The molecule has 0 amide bonds. The fourth-order valence-corrected chi connectivity index (χ4v) is 8.98. The molecule has 2 aromatic rings. The minimum atomic E-state index is -3.00. The monoisotopic (exact) mass is 629 g/mol. The number of benzene rings is 1. The second-order valence-electron chi connectivity index (χ2n) is 13.0. The summed E-state index contributed by atoms with van der Waals surface area (Å²) in [6, 6.07) is 2.23. The Bertz CT molecular complexity index is 1560. The Morgan fingerprint density at radius 1 is 1.23 bits per heavy atom. The average molecular weight is 630 g/mol. The first-order valence-corrected chi connectivity index (χ1v) is 15.8. The van der Waals surface area contributed by atoms with Crippen LogP contribution in [-0.2, 0) is 14.3 Å². The lowest BCUT2D eigenvalue weighted by Crippen LogP contribution is -2.69. The van der Waals surface area contributed by atoms with Gasteiger partial charge in [0.1, 0.15) is 11.9 Å². The molecule has 2 N–H and O–H groups in total. The lowest BCUT2D eigenvalue weighted by Gasteiger charge is -2.69. The van der Waals surface area contributed by atoms with Crippen molar-refractivity contribution in [2.24, 2.45) is 15.8 Å². The Hall–Kier alpha value is -3.29. The van der Waals surface area contributed by atoms with E-state index >= 15 is 8.78 Å². The quantitative estimate of drug-likeness (QED) is 0.399. The molecule has 5 fully saturated rings. The number of aliphatic imine (C=N–C) groups is 1. The standard InChI is InChI=1S/C31H34F3N5O4S/c1-3-43-27(40)22-20(36-25(26-35-8-10-44-26)37-23(22)18-5-4-6-19(32)17(18)2)11-39-16-31(33,34)24-21(39)7-9-38(24)15-29-12-30(13-29,14-29)28(41)42/h4-6,8,10,21,23-24H,3,7,9,11-16H2,1-2H3,(H,36,37)(H,41,42)/t21-,23-,24+,29?,30?/m0/s1. The van der Waals surface area contributed by atoms with Crippen LogP contribution in [0.5, 0.6) is 0 Å². The van der Waals surface area contributed by atoms with Gasteiger partial charge >= 0.3 is 11.9 Å². The fourth-order valence-electron chi connectivity index (χ4n) is 8.39. The number of rotatable bonds is 9. The normalized spacial score (nSPS) is 32.4. The van der Waals surface area contributed by atoms with Crippen molar-refractivity contribution in [3.05, 3.63) is 63.0 Å². The first-order chi connectivity index (χ1) is 21.0. The van der Waals surface area contributed by atoms with Crippen molar-refractivity contribution in [3.63, 3.8) is 0 Å². The number of amidine groups is 1. The molecule has 0 spiro atoms. The SMILES string of the molecule is CCOC(=O)C1=C(CN2CC(F)(F)[C@H]3[C@@H]2CCN3CC23CC(C(=O)O)(C2)C3)NC(c2nccs2)=N[C@H]1c1cccc(F)c1C. The van der Waals surface area contributed by atoms with Crippen molar-refractivity contribution in [1.82, 2.24) is 20.1 Å². The summed E-state index contributed by atoms with van der Waals surface area (Å²) >= 11 is 1.34. The van der Waals surface area contributed by atoms with Crippen LogP contribution in [0.25, 0.3) is 0 Å². The Morgan fingerprint density at radius 2 is 2.00 bits per heavy atom. The minimum absolute atomic E-state index is 0.0151. The van der Waals surface area contributed by atoms with Crippen LogP contribution in [0.2, 0.25) is 0 Å². The van der Waals surface area contributed by atoms with E-state index in [9.17, 15) is 19.1 Å². The number of likely N-dealkylation sites (tertiary alicyclic amines) is 2. The topological polar surface area (TPSA) is 107 Å². The number of ether oxygens (including phenoxy) is 1. The molecule has 3 aliphatic carbocycles. The molecule has 2 saturated heterocycles. The number of aromatic nitrogens is 1. The lowest BCUT2D eigenvalue weighted by molar-refractivity contribution is -0.231. The molecule has 1 aromatic carbocycles. The van der Waals surface area contributed by atoms with Crippen LogP contribution in [0.15, 0.2) is 46.0 Å². The molecule has 0 radical (unpaired) electrons. The maximum Gasteiger partial charge on any atom is 0.338 e. The summed E-state index contributed by atoms with van der Waals surface area (Å²) in [5.74, 6) is -4.49. The van der Waals surface area contributed by atoms with Gasteiger partial charge in [0.15, 0.2) is 10.8 Å². The van der Waals surface area contributed by atoms with Crippen molar-refractivity contribution >= 4 is 29.1 Å². The summed E-state index contributed by atoms with van der Waals surface area (Å²) < 4.78 is 51.8. The summed E-state index contributed by atoms with van der Waals surface area (Å²) in [5.41, 5.74) is 0.524. The van der Waals surface area contributed by atoms with Gasteiger partial charge in [-0.25, -0.2) is 22.9 Å². The lowest BCUT2D eigenvalue weighted by atomic mass is 9.35. The van der Waals surface area contributed by atoms with Crippen LogP contribution < -0.4 is 5.32 Å². The number of hydrogen-bond donors (Lipinski definition) is 2. The zero-order valence-electron chi connectivity index (χ0n) is 24.5. The maximum absolute atomic E-state index is 15.8. The summed E-state index contributed by atoms with van der Waals surface area (Å²) in [7, 11) is 0. The fraction of sp³-hybridized carbons (Fsp3) is 0.548. The van der Waals surface area contributed by atoms with Gasteiger partial charge in [0.2, 0.25) is 0 Å². The highest BCUT2D eigenvalue weighted by Gasteiger charge is 2.73. The van der Waals surface area contributed by atoms with E-state index in [0.29, 0.717) is 66.4 Å². The zero-order chi connectivity index (χ0) is 31.0. The molecule has 4 heterocycles. The number of alkyl halides is 2. The molecule has 2 bridgehead atoms. The number of hydrogen-bond acceptors (Lipinski definition) is 9. The third kappa shape index (κ3) is 4.57. The van der Waals surface area contributed by atoms with Gasteiger partial charge in [-0.15, -0.1) is 11.3 Å². The van der Waals surface area contributed by atoms with Gasteiger partial charge in [0, 0.05) is 43.0 Å². The van der Waals surface area contributed by atoms with Gasteiger partial charge in [-0.2, -0.15) is 0 Å². The molecule has 8 rings (SSSR count). The van der Waals surface area contributed by atoms with E-state index in [1.165, 1.54) is 17.4 Å². The zero-order valence-corrected chi connectivity index (χ0v) is 25.3. The van der Waals surface area contributed by atoms with Gasteiger partial charge in [-0.1, -0.05) is 12.1 Å². The molecule has 13 heteroatoms. The predicted molar refractivity (Wildman–Crippen MR) is 156 cm³/mol. The predicted octanol–water partition coefficient (Wildman–Crippen LogP) is 4.15. The Balaban J connectivity index is 1.21. The van der Waals surface area contributed by atoms with Crippen LogP contribution in [0.3, 0.4) is 0 Å². The maximum atomic E-state index is 15.8. The van der Waals surface area contributed by atoms with E-state index in [2.05, 4.69) is 10.3 Å². The number of nitrogens with one attached hydrogen (secondary N) is 1. The Labute approximate surface area is 256 Å². The molecule has 3 aliphatic heterocycles. The van der Waals surface area contributed by atoms with Gasteiger partial charge in [0.05, 0.1) is 30.2 Å². The first-order valence-electron chi connectivity index (χ1n) is 15.0. The van der Waals surface area contributed by atoms with E-state index in [1.54, 1.807) is 42.5 Å². The van der Waals surface area contributed by atoms with Gasteiger partial charge < -0.3 is 15.2 Å². The number of thiazole rings is 1. The number of carboxylic acid groups (broad SMARTS) is 1. The van der Waals surface area contributed by atoms with Gasteiger partial charge in [0.25, 0.3) is 5.92 Å².